The van der Waals surface area contributed by atoms with E-state index in [1.807, 2.05) is 12.1 Å². The number of rotatable bonds is 7. The number of furan rings is 1. The lowest BCUT2D eigenvalue weighted by Gasteiger charge is -2.31. The van der Waals surface area contributed by atoms with Gasteiger partial charge in [0.05, 0.1) is 6.26 Å². The van der Waals surface area contributed by atoms with E-state index < -0.39 is 0 Å². The average Bonchev–Trinajstić information content (AvgIpc) is 3.15. The summed E-state index contributed by atoms with van der Waals surface area (Å²) in [5.74, 6) is 1.37. The Kier molecular flexibility index (Phi) is 6.29. The van der Waals surface area contributed by atoms with Crippen LogP contribution >= 0.6 is 0 Å². The van der Waals surface area contributed by atoms with E-state index in [0.29, 0.717) is 0 Å². The van der Waals surface area contributed by atoms with E-state index in [2.05, 4.69) is 41.4 Å². The van der Waals surface area contributed by atoms with Crippen molar-refractivity contribution in [2.75, 3.05) is 19.6 Å². The molecule has 0 atom stereocenters. The van der Waals surface area contributed by atoms with Crippen LogP contribution < -0.4 is 5.32 Å². The first-order chi connectivity index (χ1) is 12.2. The molecule has 25 heavy (non-hydrogen) atoms. The number of carbonyl (C=O) groups is 1. The summed E-state index contributed by atoms with van der Waals surface area (Å²) in [4.78, 5) is 14.8. The average molecular weight is 340 g/mol. The van der Waals surface area contributed by atoms with Gasteiger partial charge in [-0.1, -0.05) is 24.3 Å². The van der Waals surface area contributed by atoms with Gasteiger partial charge in [0.25, 0.3) is 0 Å². The highest BCUT2D eigenvalue weighted by Gasteiger charge is 2.24. The summed E-state index contributed by atoms with van der Waals surface area (Å²) < 4.78 is 5.31. The Balaban J connectivity index is 1.35. The fourth-order valence-corrected chi connectivity index (χ4v) is 3.46. The molecule has 1 aliphatic heterocycles. The zero-order valence-corrected chi connectivity index (χ0v) is 15.0. The number of aryl methyl sites for hydroxylation is 2. The Hall–Kier alpha value is -2.07. The molecule has 0 unspecified atom stereocenters. The number of nitrogens with one attached hydrogen (secondary N) is 1. The highest BCUT2D eigenvalue weighted by molar-refractivity contribution is 5.78. The minimum absolute atomic E-state index is 0.164. The van der Waals surface area contributed by atoms with E-state index in [-0.39, 0.29) is 11.8 Å². The van der Waals surface area contributed by atoms with Crippen LogP contribution in [-0.4, -0.2) is 30.4 Å². The molecule has 1 saturated heterocycles. The van der Waals surface area contributed by atoms with Crippen LogP contribution in [0.5, 0.6) is 0 Å². The zero-order chi connectivity index (χ0) is 17.5. The Morgan fingerprint density at radius 3 is 2.72 bits per heavy atom. The summed E-state index contributed by atoms with van der Waals surface area (Å²) in [5, 5.41) is 3.09. The second kappa shape index (κ2) is 8.86. The molecule has 1 N–H and O–H groups in total. The summed E-state index contributed by atoms with van der Waals surface area (Å²) in [6.07, 6.45) is 5.40. The Bertz CT molecular complexity index is 658. The molecule has 0 radical (unpaired) electrons. The number of amides is 1. The van der Waals surface area contributed by atoms with Crippen molar-refractivity contribution in [3.05, 3.63) is 59.5 Å². The molecule has 0 spiro atoms. The summed E-state index contributed by atoms with van der Waals surface area (Å²) in [7, 11) is 0. The summed E-state index contributed by atoms with van der Waals surface area (Å²) in [5.41, 5.74) is 2.74. The van der Waals surface area contributed by atoms with Crippen LogP contribution in [0.1, 0.15) is 36.1 Å². The molecule has 0 saturated carbocycles. The standard InChI is InChI=1S/C21H28N2O2/c1-17-6-2-3-7-19(17)16-23-13-10-18(11-14-23)21(24)22-12-4-8-20-9-5-15-25-20/h2-3,5-7,9,15,18H,4,8,10-14,16H2,1H3,(H,22,24). The lowest BCUT2D eigenvalue weighted by atomic mass is 9.95. The normalized spacial score (nSPS) is 16.0. The second-order valence-corrected chi connectivity index (χ2v) is 6.95. The van der Waals surface area contributed by atoms with Crippen molar-refractivity contribution in [2.45, 2.75) is 39.2 Å². The first-order valence-corrected chi connectivity index (χ1v) is 9.29. The topological polar surface area (TPSA) is 45.5 Å². The maximum Gasteiger partial charge on any atom is 0.223 e. The Labute approximate surface area is 150 Å². The van der Waals surface area contributed by atoms with Crippen molar-refractivity contribution in [1.29, 1.82) is 0 Å². The largest absolute Gasteiger partial charge is 0.469 e. The van der Waals surface area contributed by atoms with Gasteiger partial charge in [0, 0.05) is 25.4 Å². The van der Waals surface area contributed by atoms with Crippen LogP contribution in [0, 0.1) is 12.8 Å². The van der Waals surface area contributed by atoms with E-state index >= 15 is 0 Å². The number of piperidine rings is 1. The highest BCUT2D eigenvalue weighted by Crippen LogP contribution is 2.20. The van der Waals surface area contributed by atoms with Crippen molar-refractivity contribution in [3.8, 4) is 0 Å². The summed E-state index contributed by atoms with van der Waals surface area (Å²) in [6.45, 7) is 5.88. The monoisotopic (exact) mass is 340 g/mol. The number of likely N-dealkylation sites (tertiary alicyclic amines) is 1. The first kappa shape index (κ1) is 17.7. The number of carbonyl (C=O) groups excluding carboxylic acids is 1. The van der Waals surface area contributed by atoms with Crippen LogP contribution in [0.2, 0.25) is 0 Å². The smallest absolute Gasteiger partial charge is 0.223 e. The molecular formula is C21H28N2O2. The first-order valence-electron chi connectivity index (χ1n) is 9.29. The lowest BCUT2D eigenvalue weighted by Crippen LogP contribution is -2.40. The molecule has 1 aliphatic rings. The van der Waals surface area contributed by atoms with Crippen LogP contribution in [0.25, 0.3) is 0 Å². The quantitative estimate of drug-likeness (QED) is 0.784. The second-order valence-electron chi connectivity index (χ2n) is 6.95. The molecule has 1 amide bonds. The van der Waals surface area contributed by atoms with Crippen LogP contribution in [0.4, 0.5) is 0 Å². The van der Waals surface area contributed by atoms with Crippen LogP contribution in [0.15, 0.2) is 47.1 Å². The molecule has 1 aromatic carbocycles. The fraction of sp³-hybridized carbons (Fsp3) is 0.476. The van der Waals surface area contributed by atoms with Crippen molar-refractivity contribution < 1.29 is 9.21 Å². The van der Waals surface area contributed by atoms with E-state index in [0.717, 1.165) is 57.6 Å². The zero-order valence-electron chi connectivity index (χ0n) is 15.0. The van der Waals surface area contributed by atoms with Gasteiger partial charge in [0.2, 0.25) is 5.91 Å². The van der Waals surface area contributed by atoms with Gasteiger partial charge in [-0.05, 0) is 62.5 Å². The van der Waals surface area contributed by atoms with Crippen molar-refractivity contribution in [3.63, 3.8) is 0 Å². The molecule has 1 fully saturated rings. The van der Waals surface area contributed by atoms with E-state index in [9.17, 15) is 4.79 Å². The number of hydrogen-bond donors (Lipinski definition) is 1. The molecular weight excluding hydrogens is 312 g/mol. The molecule has 2 heterocycles. The molecule has 0 aliphatic carbocycles. The number of hydrogen-bond acceptors (Lipinski definition) is 3. The van der Waals surface area contributed by atoms with Gasteiger partial charge in [-0.3, -0.25) is 9.69 Å². The van der Waals surface area contributed by atoms with E-state index in [1.54, 1.807) is 6.26 Å². The summed E-state index contributed by atoms with van der Waals surface area (Å²) >= 11 is 0. The van der Waals surface area contributed by atoms with E-state index in [4.69, 9.17) is 4.42 Å². The third kappa shape index (κ3) is 5.20. The highest BCUT2D eigenvalue weighted by atomic mass is 16.3. The molecule has 1 aromatic heterocycles. The number of benzene rings is 1. The van der Waals surface area contributed by atoms with Crippen molar-refractivity contribution >= 4 is 5.91 Å². The summed E-state index contributed by atoms with van der Waals surface area (Å²) in [6, 6.07) is 12.4. The Morgan fingerprint density at radius 2 is 2.00 bits per heavy atom. The van der Waals surface area contributed by atoms with E-state index in [1.165, 1.54) is 11.1 Å². The van der Waals surface area contributed by atoms with Gasteiger partial charge in [0.15, 0.2) is 0 Å². The predicted octanol–water partition coefficient (Wildman–Crippen LogP) is 3.55. The van der Waals surface area contributed by atoms with Gasteiger partial charge in [-0.15, -0.1) is 0 Å². The van der Waals surface area contributed by atoms with Gasteiger partial charge in [0.1, 0.15) is 5.76 Å². The van der Waals surface area contributed by atoms with Gasteiger partial charge < -0.3 is 9.73 Å². The predicted molar refractivity (Wildman–Crippen MR) is 99.2 cm³/mol. The minimum atomic E-state index is 0.164. The maximum atomic E-state index is 12.3. The third-order valence-corrected chi connectivity index (χ3v) is 5.09. The van der Waals surface area contributed by atoms with Crippen molar-refractivity contribution in [1.82, 2.24) is 10.2 Å². The van der Waals surface area contributed by atoms with Crippen LogP contribution in [0.3, 0.4) is 0 Å². The Morgan fingerprint density at radius 1 is 1.20 bits per heavy atom. The maximum absolute atomic E-state index is 12.3. The molecule has 0 bridgehead atoms. The minimum Gasteiger partial charge on any atom is -0.469 e. The molecule has 134 valence electrons. The molecule has 4 heteroatoms. The third-order valence-electron chi connectivity index (χ3n) is 5.09. The number of nitrogens with zero attached hydrogens (tertiary/aromatic N) is 1. The molecule has 4 nitrogen and oxygen atoms in total. The van der Waals surface area contributed by atoms with Crippen molar-refractivity contribution in [2.24, 2.45) is 5.92 Å². The van der Waals surface area contributed by atoms with Gasteiger partial charge >= 0.3 is 0 Å². The van der Waals surface area contributed by atoms with Crippen LogP contribution in [-0.2, 0) is 17.8 Å². The van der Waals surface area contributed by atoms with Gasteiger partial charge in [-0.25, -0.2) is 0 Å². The molecule has 2 aromatic rings. The SMILES string of the molecule is Cc1ccccc1CN1CCC(C(=O)NCCCc2ccco2)CC1. The lowest BCUT2D eigenvalue weighted by molar-refractivity contribution is -0.126. The fourth-order valence-electron chi connectivity index (χ4n) is 3.46. The van der Waals surface area contributed by atoms with Gasteiger partial charge in [-0.2, -0.15) is 0 Å². The molecule has 3 rings (SSSR count).